The van der Waals surface area contributed by atoms with Crippen molar-refractivity contribution in [3.05, 3.63) is 36.6 Å². The molecule has 0 aromatic carbocycles. The van der Waals surface area contributed by atoms with Gasteiger partial charge in [0.2, 0.25) is 0 Å². The molecule has 0 unspecified atom stereocenters. The number of Topliss-reactive ketones (excluding diaryl/α,β-unsaturated/α-hetero) is 2. The molecular formula is C16H22CuO8+2. The third-order valence-electron chi connectivity index (χ3n) is 2.37. The number of hydrogen-bond donors (Lipinski definition) is 0. The van der Waals surface area contributed by atoms with Crippen molar-refractivity contribution >= 4 is 11.6 Å². The Labute approximate surface area is 160 Å². The van der Waals surface area contributed by atoms with Gasteiger partial charge in [-0.1, -0.05) is 0 Å². The molecule has 0 aromatic rings. The predicted octanol–water partition coefficient (Wildman–Crippen LogP) is 2.18. The van der Waals surface area contributed by atoms with Crippen LogP contribution < -0.4 is 0 Å². The van der Waals surface area contributed by atoms with E-state index in [0.29, 0.717) is 0 Å². The second kappa shape index (κ2) is 15.8. The average Bonchev–Trinajstić information content (AvgIpc) is 2.37. The van der Waals surface area contributed by atoms with E-state index in [1.165, 1.54) is 0 Å². The van der Waals surface area contributed by atoms with Crippen LogP contribution in [0.15, 0.2) is 0 Å². The van der Waals surface area contributed by atoms with Crippen LogP contribution in [0.25, 0.3) is 0 Å². The molecule has 0 aromatic heterocycles. The molecule has 143 valence electrons. The zero-order valence-corrected chi connectivity index (χ0v) is 15.9. The third kappa shape index (κ3) is 12.6. The summed E-state index contributed by atoms with van der Waals surface area (Å²) >= 11 is 0. The van der Waals surface area contributed by atoms with Gasteiger partial charge in [0, 0.05) is 13.2 Å². The molecule has 0 rings (SSSR count). The van der Waals surface area contributed by atoms with Crippen molar-refractivity contribution in [1.29, 1.82) is 0 Å². The van der Waals surface area contributed by atoms with Gasteiger partial charge in [-0.3, -0.25) is 9.59 Å². The summed E-state index contributed by atoms with van der Waals surface area (Å²) in [5.74, 6) is -1.89. The Morgan fingerprint density at radius 3 is 1.00 bits per heavy atom. The number of ether oxygens (including phenoxy) is 2. The Morgan fingerprint density at radius 2 is 0.880 bits per heavy atom. The minimum Gasteiger partial charge on any atom is -0.343 e. The number of carbonyl (C=O) groups excluding carboxylic acids is 2. The van der Waals surface area contributed by atoms with Crippen LogP contribution in [0.3, 0.4) is 0 Å². The van der Waals surface area contributed by atoms with Crippen molar-refractivity contribution in [2.24, 2.45) is 0 Å². The maximum absolute atomic E-state index is 10.9. The monoisotopic (exact) mass is 405 g/mol. The van der Waals surface area contributed by atoms with Crippen molar-refractivity contribution in [2.45, 2.75) is 41.5 Å². The Kier molecular flexibility index (Phi) is 18.6. The van der Waals surface area contributed by atoms with Crippen LogP contribution in [-0.4, -0.2) is 24.8 Å². The summed E-state index contributed by atoms with van der Waals surface area (Å²) in [6, 6.07) is 0. The summed E-state index contributed by atoms with van der Waals surface area (Å²) in [4.78, 5) is 21.5. The molecule has 0 bridgehead atoms. The number of ketones is 2. The molecule has 0 saturated heterocycles. The summed E-state index contributed by atoms with van der Waals surface area (Å²) in [7, 11) is 0. The summed E-state index contributed by atoms with van der Waals surface area (Å²) in [5, 5.41) is 43.3. The number of hydrogen-bond acceptors (Lipinski definition) is 4. The van der Waals surface area contributed by atoms with Gasteiger partial charge >= 0.3 is 17.1 Å². The van der Waals surface area contributed by atoms with Gasteiger partial charge in [0.25, 0.3) is 12.6 Å². The van der Waals surface area contributed by atoms with Gasteiger partial charge in [0.1, 0.15) is 23.4 Å². The van der Waals surface area contributed by atoms with Crippen LogP contribution in [0.2, 0.25) is 0 Å². The predicted molar refractivity (Wildman–Crippen MR) is 78.2 cm³/mol. The molecule has 0 fully saturated rings. The van der Waals surface area contributed by atoms with Crippen LogP contribution in [0.1, 0.15) is 41.5 Å². The molecule has 0 spiro atoms. The molecule has 0 amide bonds. The molecule has 9 heteroatoms. The van der Waals surface area contributed by atoms with E-state index < -0.39 is 48.2 Å². The fraction of sp³-hybridized carbons (Fsp3) is 0.500. The fourth-order valence-electron chi connectivity index (χ4n) is 1.48. The molecule has 0 atom stereocenters. The fourth-order valence-corrected chi connectivity index (χ4v) is 1.48. The molecule has 11 radical (unpaired) electrons. The zero-order chi connectivity index (χ0) is 19.4. The SMILES string of the molecule is CCO[C]([O])[C]([C](C)[O])C(C)=O.CCO[C]([O])[C]([C](C)[O])C(C)=O.[Cu+2]. The molecule has 0 N–H and O–H groups in total. The van der Waals surface area contributed by atoms with Crippen molar-refractivity contribution in [1.82, 2.24) is 0 Å². The first-order valence-corrected chi connectivity index (χ1v) is 7.12. The maximum Gasteiger partial charge on any atom is 2.00 e. The second-order valence-electron chi connectivity index (χ2n) is 4.42. The van der Waals surface area contributed by atoms with E-state index in [2.05, 4.69) is 9.47 Å². The van der Waals surface area contributed by atoms with Gasteiger partial charge in [-0.25, -0.2) is 10.2 Å². The number of carbonyl (C=O) groups is 2. The van der Waals surface area contributed by atoms with E-state index in [-0.39, 0.29) is 30.3 Å². The van der Waals surface area contributed by atoms with Crippen LogP contribution in [0.4, 0.5) is 0 Å². The minimum absolute atomic E-state index is 0. The molecule has 25 heavy (non-hydrogen) atoms. The number of rotatable bonds is 10. The smallest absolute Gasteiger partial charge is 0.343 e. The van der Waals surface area contributed by atoms with Crippen LogP contribution in [0.5, 0.6) is 0 Å². The summed E-state index contributed by atoms with van der Waals surface area (Å²) in [5.41, 5.74) is 0. The van der Waals surface area contributed by atoms with Crippen molar-refractivity contribution in [2.75, 3.05) is 13.2 Å². The minimum atomic E-state index is -0.836. The first-order valence-electron chi connectivity index (χ1n) is 7.12. The van der Waals surface area contributed by atoms with Crippen molar-refractivity contribution in [3.8, 4) is 0 Å². The quantitative estimate of drug-likeness (QED) is 0.515. The average molecular weight is 406 g/mol. The van der Waals surface area contributed by atoms with E-state index in [1.54, 1.807) is 13.8 Å². The van der Waals surface area contributed by atoms with E-state index in [0.717, 1.165) is 27.7 Å². The largest absolute Gasteiger partial charge is 2.00 e. The molecule has 0 aliphatic rings. The van der Waals surface area contributed by atoms with Gasteiger partial charge in [0.05, 0.1) is 0 Å². The Balaban J connectivity index is -0.000000372. The van der Waals surface area contributed by atoms with Crippen molar-refractivity contribution in [3.63, 3.8) is 0 Å². The van der Waals surface area contributed by atoms with Gasteiger partial charge < -0.3 is 9.47 Å². The van der Waals surface area contributed by atoms with E-state index in [1.807, 2.05) is 0 Å². The van der Waals surface area contributed by atoms with Crippen LogP contribution >= 0.6 is 0 Å². The first kappa shape index (κ1) is 29.4. The Morgan fingerprint density at radius 1 is 0.640 bits per heavy atom. The molecule has 0 aliphatic carbocycles. The topological polar surface area (TPSA) is 132 Å². The van der Waals surface area contributed by atoms with Crippen LogP contribution in [0, 0.1) is 36.6 Å². The Bertz CT molecular complexity index is 328. The molecule has 0 aliphatic heterocycles. The van der Waals surface area contributed by atoms with Gasteiger partial charge in [-0.15, -0.1) is 0 Å². The molecular weight excluding hydrogens is 384 g/mol. The van der Waals surface area contributed by atoms with Gasteiger partial charge in [0.15, 0.2) is 12.2 Å². The standard InChI is InChI=1S/2C8H11O4.Cu/c2*1-4-12-8(11)7(5(2)9)6(3)10;/h2*4H2,1-3H3;/q;;+2. The summed E-state index contributed by atoms with van der Waals surface area (Å²) in [6.45, 7) is 8.17. The first-order chi connectivity index (χ1) is 11.0. The third-order valence-corrected chi connectivity index (χ3v) is 2.37. The normalized spacial score (nSPS) is 11.2. The van der Waals surface area contributed by atoms with E-state index in [4.69, 9.17) is 0 Å². The van der Waals surface area contributed by atoms with Gasteiger partial charge in [-0.2, -0.15) is 10.2 Å². The molecule has 0 heterocycles. The maximum atomic E-state index is 10.9. The summed E-state index contributed by atoms with van der Waals surface area (Å²) < 4.78 is 9.02. The second-order valence-corrected chi connectivity index (χ2v) is 4.42. The van der Waals surface area contributed by atoms with E-state index in [9.17, 15) is 30.0 Å². The van der Waals surface area contributed by atoms with Crippen LogP contribution in [-0.2, 0) is 56.6 Å². The molecule has 0 saturated carbocycles. The van der Waals surface area contributed by atoms with Crippen molar-refractivity contribution < 1.29 is 56.6 Å². The Hall–Kier alpha value is -0.381. The summed E-state index contributed by atoms with van der Waals surface area (Å²) in [6.07, 6.45) is -2.78. The van der Waals surface area contributed by atoms with E-state index >= 15 is 0 Å². The molecule has 8 nitrogen and oxygen atoms in total. The zero-order valence-electron chi connectivity index (χ0n) is 15.0. The van der Waals surface area contributed by atoms with Gasteiger partial charge in [-0.05, 0) is 41.5 Å².